The topological polar surface area (TPSA) is 96.5 Å². The van der Waals surface area contributed by atoms with E-state index in [9.17, 15) is 14.7 Å². The predicted octanol–water partition coefficient (Wildman–Crippen LogP) is 3.52. The Labute approximate surface area is 163 Å². The first kappa shape index (κ1) is 17.6. The van der Waals surface area contributed by atoms with Crippen molar-refractivity contribution in [1.82, 2.24) is 10.2 Å². The summed E-state index contributed by atoms with van der Waals surface area (Å²) in [4.78, 5) is 26.1. The summed E-state index contributed by atoms with van der Waals surface area (Å²) < 4.78 is 5.53. The number of hydrogen-bond acceptors (Lipinski definition) is 7. The number of aromatic hydroxyl groups is 1. The van der Waals surface area contributed by atoms with Gasteiger partial charge in [0.15, 0.2) is 0 Å². The van der Waals surface area contributed by atoms with E-state index in [1.807, 2.05) is 0 Å². The second kappa shape index (κ2) is 7.05. The largest absolute Gasteiger partial charge is 0.507 e. The molecule has 4 rings (SSSR count). The summed E-state index contributed by atoms with van der Waals surface area (Å²) in [6.45, 7) is 0. The minimum Gasteiger partial charge on any atom is -0.507 e. The number of nitrogens with zero attached hydrogens (tertiary/aromatic N) is 3. The van der Waals surface area contributed by atoms with Crippen LogP contribution in [0.1, 0.15) is 6.42 Å². The van der Waals surface area contributed by atoms with Gasteiger partial charge in [-0.3, -0.25) is 9.59 Å². The second-order valence-corrected chi connectivity index (χ2v) is 7.34. The van der Waals surface area contributed by atoms with E-state index < -0.39 is 5.25 Å². The number of benzene rings is 2. The molecule has 9 heteroatoms. The molecule has 0 radical (unpaired) electrons. The number of hydrogen-bond donors (Lipinski definition) is 1. The Morgan fingerprint density at radius 2 is 1.85 bits per heavy atom. The minimum atomic E-state index is -0.661. The number of phenolic OH excluding ortho intramolecular Hbond substituents is 1. The summed E-state index contributed by atoms with van der Waals surface area (Å²) in [7, 11) is 0. The maximum Gasteiger partial charge on any atom is 0.277 e. The van der Waals surface area contributed by atoms with Crippen molar-refractivity contribution < 1.29 is 19.1 Å². The van der Waals surface area contributed by atoms with Crippen molar-refractivity contribution in [2.24, 2.45) is 0 Å². The first-order valence-electron chi connectivity index (χ1n) is 7.94. The van der Waals surface area contributed by atoms with Crippen molar-refractivity contribution in [2.75, 3.05) is 4.90 Å². The van der Waals surface area contributed by atoms with Gasteiger partial charge >= 0.3 is 0 Å². The zero-order chi connectivity index (χ0) is 19.0. The number of imide groups is 1. The van der Waals surface area contributed by atoms with E-state index in [-0.39, 0.29) is 35.1 Å². The van der Waals surface area contributed by atoms with E-state index in [0.29, 0.717) is 16.3 Å². The molecule has 1 saturated heterocycles. The van der Waals surface area contributed by atoms with Gasteiger partial charge in [0.05, 0.1) is 11.3 Å². The molecule has 1 fully saturated rings. The van der Waals surface area contributed by atoms with Crippen LogP contribution in [0.4, 0.5) is 5.69 Å². The van der Waals surface area contributed by atoms with Crippen LogP contribution in [0.2, 0.25) is 5.02 Å². The Balaban J connectivity index is 1.52. The average Bonchev–Trinajstić information content (AvgIpc) is 3.22. The van der Waals surface area contributed by atoms with Crippen molar-refractivity contribution in [1.29, 1.82) is 0 Å². The molecule has 2 heterocycles. The van der Waals surface area contributed by atoms with E-state index >= 15 is 0 Å². The monoisotopic (exact) mass is 401 g/mol. The van der Waals surface area contributed by atoms with Crippen molar-refractivity contribution in [3.8, 4) is 17.2 Å². The lowest BCUT2D eigenvalue weighted by molar-refractivity contribution is -0.121. The molecule has 0 spiro atoms. The fourth-order valence-electron chi connectivity index (χ4n) is 2.70. The van der Waals surface area contributed by atoms with Crippen LogP contribution in [0.5, 0.6) is 5.75 Å². The van der Waals surface area contributed by atoms with E-state index in [4.69, 9.17) is 16.0 Å². The molecule has 3 aromatic rings. The third-order valence-electron chi connectivity index (χ3n) is 3.97. The number of carbonyl (C=O) groups is 2. The highest BCUT2D eigenvalue weighted by Crippen LogP contribution is 2.35. The van der Waals surface area contributed by atoms with Gasteiger partial charge in [-0.1, -0.05) is 35.5 Å². The Kier molecular flexibility index (Phi) is 4.59. The van der Waals surface area contributed by atoms with Gasteiger partial charge in [0.1, 0.15) is 11.0 Å². The molecule has 136 valence electrons. The number of anilines is 1. The zero-order valence-electron chi connectivity index (χ0n) is 13.7. The molecule has 0 unspecified atom stereocenters. The van der Waals surface area contributed by atoms with Gasteiger partial charge in [0.2, 0.25) is 11.8 Å². The first-order valence-corrected chi connectivity index (χ1v) is 9.19. The van der Waals surface area contributed by atoms with Gasteiger partial charge in [-0.2, -0.15) is 0 Å². The standard InChI is InChI=1S/C18H12ClN3O4S/c19-10-5-7-11(8-6-10)22-15(24)9-14(17(22)25)27-18-21-20-16(26-18)12-3-1-2-4-13(12)23/h1-8,14,23H,9H2/t14-/m0/s1. The third-order valence-corrected chi connectivity index (χ3v) is 5.25. The van der Waals surface area contributed by atoms with E-state index in [1.165, 1.54) is 6.07 Å². The molecule has 1 atom stereocenters. The molecule has 1 N–H and O–H groups in total. The minimum absolute atomic E-state index is 0.0127. The van der Waals surface area contributed by atoms with Gasteiger partial charge in [-0.05, 0) is 36.4 Å². The summed E-state index contributed by atoms with van der Waals surface area (Å²) in [5.41, 5.74) is 0.867. The third kappa shape index (κ3) is 3.41. The summed E-state index contributed by atoms with van der Waals surface area (Å²) in [6.07, 6.45) is 0.0282. The van der Waals surface area contributed by atoms with Gasteiger partial charge in [0, 0.05) is 11.4 Å². The van der Waals surface area contributed by atoms with Crippen LogP contribution in [0.3, 0.4) is 0 Å². The van der Waals surface area contributed by atoms with Crippen LogP contribution in [0.25, 0.3) is 11.5 Å². The van der Waals surface area contributed by atoms with Crippen LogP contribution in [0, 0.1) is 0 Å². The van der Waals surface area contributed by atoms with Gasteiger partial charge in [-0.15, -0.1) is 10.2 Å². The number of thioether (sulfide) groups is 1. The van der Waals surface area contributed by atoms with Gasteiger partial charge < -0.3 is 9.52 Å². The number of rotatable bonds is 4. The van der Waals surface area contributed by atoms with Crippen LogP contribution in [-0.4, -0.2) is 32.4 Å². The lowest BCUT2D eigenvalue weighted by Crippen LogP contribution is -2.31. The van der Waals surface area contributed by atoms with Crippen molar-refractivity contribution in [2.45, 2.75) is 16.9 Å². The van der Waals surface area contributed by atoms with E-state index in [0.717, 1.165) is 16.7 Å². The zero-order valence-corrected chi connectivity index (χ0v) is 15.3. The molecule has 2 aromatic carbocycles. The molecule has 1 aromatic heterocycles. The molecular formula is C18H12ClN3O4S. The molecule has 27 heavy (non-hydrogen) atoms. The Bertz CT molecular complexity index is 1020. The highest BCUT2D eigenvalue weighted by atomic mass is 35.5. The van der Waals surface area contributed by atoms with Gasteiger partial charge in [-0.25, -0.2) is 4.90 Å². The first-order chi connectivity index (χ1) is 13.0. The molecule has 0 aliphatic carbocycles. The van der Waals surface area contributed by atoms with E-state index in [2.05, 4.69) is 10.2 Å². The number of carbonyl (C=O) groups excluding carboxylic acids is 2. The number of para-hydroxylation sites is 1. The smallest absolute Gasteiger partial charge is 0.277 e. The highest BCUT2D eigenvalue weighted by molar-refractivity contribution is 8.00. The summed E-state index contributed by atoms with van der Waals surface area (Å²) in [5.74, 6) is -0.504. The lowest BCUT2D eigenvalue weighted by Gasteiger charge is -2.14. The van der Waals surface area contributed by atoms with Crippen molar-refractivity contribution in [3.63, 3.8) is 0 Å². The number of amides is 2. The molecule has 0 saturated carbocycles. The van der Waals surface area contributed by atoms with Crippen LogP contribution < -0.4 is 4.90 Å². The maximum absolute atomic E-state index is 12.7. The Morgan fingerprint density at radius 3 is 2.59 bits per heavy atom. The van der Waals surface area contributed by atoms with E-state index in [1.54, 1.807) is 42.5 Å². The molecule has 0 bridgehead atoms. The molecular weight excluding hydrogens is 390 g/mol. The molecule has 1 aliphatic rings. The SMILES string of the molecule is O=C1C[C@H](Sc2nnc(-c3ccccc3O)o2)C(=O)N1c1ccc(Cl)cc1. The summed E-state index contributed by atoms with van der Waals surface area (Å²) >= 11 is 6.88. The number of halogens is 1. The highest BCUT2D eigenvalue weighted by Gasteiger charge is 2.41. The maximum atomic E-state index is 12.7. The number of phenols is 1. The average molecular weight is 402 g/mol. The van der Waals surface area contributed by atoms with Crippen LogP contribution in [0.15, 0.2) is 58.2 Å². The lowest BCUT2D eigenvalue weighted by atomic mass is 10.2. The Hall–Kier alpha value is -2.84. The van der Waals surface area contributed by atoms with Crippen LogP contribution in [-0.2, 0) is 9.59 Å². The Morgan fingerprint density at radius 1 is 1.11 bits per heavy atom. The number of aromatic nitrogens is 2. The summed E-state index contributed by atoms with van der Waals surface area (Å²) in [6, 6.07) is 13.0. The molecule has 2 amide bonds. The van der Waals surface area contributed by atoms with Crippen molar-refractivity contribution in [3.05, 3.63) is 53.6 Å². The van der Waals surface area contributed by atoms with Crippen LogP contribution >= 0.6 is 23.4 Å². The van der Waals surface area contributed by atoms with Crippen molar-refractivity contribution >= 4 is 40.9 Å². The fourth-order valence-corrected chi connectivity index (χ4v) is 3.72. The van der Waals surface area contributed by atoms with Gasteiger partial charge in [0.25, 0.3) is 11.1 Å². The summed E-state index contributed by atoms with van der Waals surface area (Å²) in [5, 5.41) is 17.7. The molecule has 1 aliphatic heterocycles. The quantitative estimate of drug-likeness (QED) is 0.668. The predicted molar refractivity (Wildman–Crippen MR) is 99.6 cm³/mol. The second-order valence-electron chi connectivity index (χ2n) is 5.74. The fraction of sp³-hybridized carbons (Fsp3) is 0.111. The molecule has 7 nitrogen and oxygen atoms in total. The normalized spacial score (nSPS) is 16.9.